The smallest absolute Gasteiger partial charge is 0.269 e. The molecule has 162 valence electrons. The first-order valence-electron chi connectivity index (χ1n) is 9.30. The predicted octanol–water partition coefficient (Wildman–Crippen LogP) is 4.67. The summed E-state index contributed by atoms with van der Waals surface area (Å²) in [6.07, 6.45) is 2.26. The summed E-state index contributed by atoms with van der Waals surface area (Å²) < 4.78 is 27.4. The molecule has 0 amide bonds. The number of fused-ring (bicyclic) bond motifs is 1. The lowest BCUT2D eigenvalue weighted by molar-refractivity contribution is -0.385. The van der Waals surface area contributed by atoms with Crippen molar-refractivity contribution in [2.45, 2.75) is 30.7 Å². The van der Waals surface area contributed by atoms with Crippen LogP contribution in [0.2, 0.25) is 15.1 Å². The van der Waals surface area contributed by atoms with Gasteiger partial charge in [-0.1, -0.05) is 40.9 Å². The number of nitrogens with one attached hydrogen (secondary N) is 1. The van der Waals surface area contributed by atoms with Gasteiger partial charge >= 0.3 is 0 Å². The fourth-order valence-electron chi connectivity index (χ4n) is 3.36. The third-order valence-corrected chi connectivity index (χ3v) is 7.60. The summed E-state index contributed by atoms with van der Waals surface area (Å²) in [4.78, 5) is 12.7. The molecule has 1 heterocycles. The van der Waals surface area contributed by atoms with Gasteiger partial charge in [0.05, 0.1) is 20.0 Å². The van der Waals surface area contributed by atoms with Crippen LogP contribution in [0.15, 0.2) is 35.2 Å². The highest BCUT2D eigenvalue weighted by Crippen LogP contribution is 2.31. The van der Waals surface area contributed by atoms with Gasteiger partial charge in [-0.15, -0.1) is 0 Å². The molecule has 1 aliphatic heterocycles. The summed E-state index contributed by atoms with van der Waals surface area (Å²) in [6.45, 7) is 2.56. The van der Waals surface area contributed by atoms with Crippen LogP contribution in [-0.2, 0) is 23.0 Å². The Morgan fingerprint density at radius 2 is 1.77 bits per heavy atom. The first-order valence-corrected chi connectivity index (χ1v) is 11.9. The minimum Gasteiger partial charge on any atom is -0.299 e. The van der Waals surface area contributed by atoms with Gasteiger partial charge in [-0.25, -0.2) is 13.1 Å². The van der Waals surface area contributed by atoms with E-state index < -0.39 is 10.0 Å². The van der Waals surface area contributed by atoms with Crippen molar-refractivity contribution in [3.05, 3.63) is 66.6 Å². The highest BCUT2D eigenvalue weighted by atomic mass is 35.5. The Hall–Kier alpha value is -1.42. The van der Waals surface area contributed by atoms with Gasteiger partial charge in [0.2, 0.25) is 10.0 Å². The van der Waals surface area contributed by atoms with Crippen LogP contribution in [0.5, 0.6) is 0 Å². The molecule has 0 atom stereocenters. The van der Waals surface area contributed by atoms with Crippen LogP contribution in [0.4, 0.5) is 5.69 Å². The Labute approximate surface area is 190 Å². The van der Waals surface area contributed by atoms with Gasteiger partial charge in [0.15, 0.2) is 0 Å². The summed E-state index contributed by atoms with van der Waals surface area (Å²) in [6, 6.07) is 7.54. The normalized spacial score (nSPS) is 14.5. The van der Waals surface area contributed by atoms with E-state index in [1.807, 2.05) is 6.07 Å². The van der Waals surface area contributed by atoms with Crippen LogP contribution in [0, 0.1) is 10.1 Å². The Morgan fingerprint density at radius 1 is 1.03 bits per heavy atom. The number of nitrogens with zero attached hydrogens (tertiary/aromatic N) is 2. The van der Waals surface area contributed by atoms with Gasteiger partial charge in [-0.05, 0) is 49.1 Å². The van der Waals surface area contributed by atoms with Gasteiger partial charge in [-0.2, -0.15) is 0 Å². The second-order valence-corrected chi connectivity index (χ2v) is 9.99. The predicted molar refractivity (Wildman–Crippen MR) is 118 cm³/mol. The minimum atomic E-state index is -3.79. The van der Waals surface area contributed by atoms with Crippen molar-refractivity contribution in [1.82, 2.24) is 9.62 Å². The molecule has 0 aliphatic carbocycles. The number of halogens is 3. The maximum Gasteiger partial charge on any atom is 0.269 e. The maximum atomic E-state index is 12.4. The fourth-order valence-corrected chi connectivity index (χ4v) is 5.43. The van der Waals surface area contributed by atoms with E-state index in [1.54, 1.807) is 12.1 Å². The topological polar surface area (TPSA) is 92.6 Å². The van der Waals surface area contributed by atoms with E-state index >= 15 is 0 Å². The second kappa shape index (κ2) is 9.80. The van der Waals surface area contributed by atoms with E-state index in [4.69, 9.17) is 34.8 Å². The zero-order chi connectivity index (χ0) is 21.9. The fraction of sp³-hybridized carbons (Fsp3) is 0.368. The number of non-ortho nitro benzene ring substituents is 1. The zero-order valence-electron chi connectivity index (χ0n) is 15.9. The summed E-state index contributed by atoms with van der Waals surface area (Å²) in [5.41, 5.74) is 2.22. The van der Waals surface area contributed by atoms with E-state index in [0.29, 0.717) is 13.0 Å². The molecular weight excluding hydrogens is 473 g/mol. The van der Waals surface area contributed by atoms with Crippen LogP contribution < -0.4 is 4.72 Å². The van der Waals surface area contributed by atoms with Crippen molar-refractivity contribution >= 4 is 50.5 Å². The molecule has 1 aliphatic rings. The first kappa shape index (κ1) is 23.2. The highest BCUT2D eigenvalue weighted by Gasteiger charge is 2.21. The number of benzene rings is 2. The van der Waals surface area contributed by atoms with Gasteiger partial charge < -0.3 is 0 Å². The molecule has 1 N–H and O–H groups in total. The van der Waals surface area contributed by atoms with Crippen molar-refractivity contribution in [1.29, 1.82) is 0 Å². The molecule has 0 aromatic heterocycles. The molecular formula is C19H20Cl3N3O4S. The third-order valence-electron chi connectivity index (χ3n) is 4.95. The summed E-state index contributed by atoms with van der Waals surface area (Å²) in [5, 5.41) is 11.3. The van der Waals surface area contributed by atoms with E-state index in [-0.39, 0.29) is 37.1 Å². The number of nitro benzene ring substituents is 1. The van der Waals surface area contributed by atoms with Gasteiger partial charge in [0, 0.05) is 31.8 Å². The number of hydrogen-bond acceptors (Lipinski definition) is 5. The molecule has 2 aromatic rings. The monoisotopic (exact) mass is 491 g/mol. The minimum absolute atomic E-state index is 0.0120. The molecule has 0 fully saturated rings. The maximum absolute atomic E-state index is 12.4. The molecule has 0 saturated carbocycles. The highest BCUT2D eigenvalue weighted by molar-refractivity contribution is 7.89. The quantitative estimate of drug-likeness (QED) is 0.250. The van der Waals surface area contributed by atoms with Crippen LogP contribution in [0.3, 0.4) is 0 Å². The van der Waals surface area contributed by atoms with Gasteiger partial charge in [-0.3, -0.25) is 15.0 Å². The van der Waals surface area contributed by atoms with E-state index in [2.05, 4.69) is 9.62 Å². The molecule has 7 nitrogen and oxygen atoms in total. The average Bonchev–Trinajstić information content (AvgIpc) is 2.69. The van der Waals surface area contributed by atoms with E-state index in [1.165, 1.54) is 12.1 Å². The molecule has 0 bridgehead atoms. The van der Waals surface area contributed by atoms with Crippen molar-refractivity contribution in [2.75, 3.05) is 19.6 Å². The summed E-state index contributed by atoms with van der Waals surface area (Å²) in [5.74, 6) is 0. The molecule has 0 radical (unpaired) electrons. The third kappa shape index (κ3) is 5.63. The molecule has 11 heteroatoms. The zero-order valence-corrected chi connectivity index (χ0v) is 19.0. The first-order chi connectivity index (χ1) is 14.2. The lowest BCUT2D eigenvalue weighted by atomic mass is 9.99. The van der Waals surface area contributed by atoms with Crippen molar-refractivity contribution < 1.29 is 13.3 Å². The molecule has 0 unspecified atom stereocenters. The molecule has 3 rings (SSSR count). The van der Waals surface area contributed by atoms with Crippen LogP contribution in [0.1, 0.15) is 24.0 Å². The van der Waals surface area contributed by atoms with Gasteiger partial charge in [0.1, 0.15) is 4.90 Å². The summed E-state index contributed by atoms with van der Waals surface area (Å²) >= 11 is 17.7. The molecule has 0 spiro atoms. The van der Waals surface area contributed by atoms with Crippen molar-refractivity contribution in [2.24, 2.45) is 0 Å². The van der Waals surface area contributed by atoms with Crippen LogP contribution in [0.25, 0.3) is 0 Å². The van der Waals surface area contributed by atoms with Gasteiger partial charge in [0.25, 0.3) is 5.69 Å². The van der Waals surface area contributed by atoms with E-state index in [0.717, 1.165) is 37.1 Å². The Balaban J connectivity index is 1.48. The number of hydrogen-bond donors (Lipinski definition) is 1. The number of rotatable bonds is 8. The Bertz CT molecular complexity index is 1060. The standard InChI is InChI=1S/C19H20Cl3N3O4S/c20-16-10-18(22)19(11-17(16)21)30(28,29)23-6-1-2-7-24-8-5-13-3-4-15(25(26)27)9-14(13)12-24/h3-4,9-11,23H,1-2,5-8,12H2. The van der Waals surface area contributed by atoms with E-state index in [9.17, 15) is 18.5 Å². The average molecular weight is 493 g/mol. The lowest BCUT2D eigenvalue weighted by Crippen LogP contribution is -2.32. The summed E-state index contributed by atoms with van der Waals surface area (Å²) in [7, 11) is -3.79. The lowest BCUT2D eigenvalue weighted by Gasteiger charge is -2.28. The van der Waals surface area contributed by atoms with Crippen LogP contribution >= 0.6 is 34.8 Å². The van der Waals surface area contributed by atoms with Crippen LogP contribution in [-0.4, -0.2) is 37.9 Å². The largest absolute Gasteiger partial charge is 0.299 e. The molecule has 0 saturated heterocycles. The SMILES string of the molecule is O=[N+]([O-])c1ccc2c(c1)CN(CCCCNS(=O)(=O)c1cc(Cl)c(Cl)cc1Cl)CC2. The number of sulfonamides is 1. The number of unbranched alkanes of at least 4 members (excludes halogenated alkanes) is 1. The molecule has 30 heavy (non-hydrogen) atoms. The number of nitro groups is 1. The molecule has 2 aromatic carbocycles. The van der Waals surface area contributed by atoms with Crippen molar-refractivity contribution in [3.63, 3.8) is 0 Å². The Morgan fingerprint density at radius 3 is 2.50 bits per heavy atom. The Kier molecular flexibility index (Phi) is 7.60. The van der Waals surface area contributed by atoms with Crippen molar-refractivity contribution in [3.8, 4) is 0 Å². The second-order valence-electron chi connectivity index (χ2n) is 7.04.